The molecule has 0 radical (unpaired) electrons. The Labute approximate surface area is 120 Å². The van der Waals surface area contributed by atoms with Crippen LogP contribution in [-0.4, -0.2) is 34.4 Å². The van der Waals surface area contributed by atoms with Crippen molar-refractivity contribution in [3.8, 4) is 0 Å². The minimum absolute atomic E-state index is 0.0324. The van der Waals surface area contributed by atoms with Gasteiger partial charge in [0.15, 0.2) is 0 Å². The zero-order valence-corrected chi connectivity index (χ0v) is 11.6. The molecular weight excluding hydrogens is 278 g/mol. The molecule has 2 rings (SSSR count). The summed E-state index contributed by atoms with van der Waals surface area (Å²) in [5.41, 5.74) is -0.0324. The van der Waals surface area contributed by atoms with Gasteiger partial charge in [-0.3, -0.25) is 4.79 Å². The normalized spacial score (nSPS) is 10.4. The van der Waals surface area contributed by atoms with Crippen molar-refractivity contribution < 1.29 is 19.4 Å². The molecule has 1 heterocycles. The van der Waals surface area contributed by atoms with E-state index in [2.05, 4.69) is 4.98 Å². The van der Waals surface area contributed by atoms with Gasteiger partial charge in [0.25, 0.3) is 0 Å². The van der Waals surface area contributed by atoms with Gasteiger partial charge in [-0.05, 0) is 18.4 Å². The van der Waals surface area contributed by atoms with Crippen LogP contribution >= 0.6 is 11.8 Å². The van der Waals surface area contributed by atoms with Crippen molar-refractivity contribution >= 4 is 34.5 Å². The molecule has 0 aliphatic rings. The van der Waals surface area contributed by atoms with E-state index in [-0.39, 0.29) is 17.4 Å². The van der Waals surface area contributed by atoms with Crippen molar-refractivity contribution in [3.05, 3.63) is 36.0 Å². The van der Waals surface area contributed by atoms with E-state index in [1.165, 1.54) is 17.8 Å². The van der Waals surface area contributed by atoms with Gasteiger partial charge in [-0.1, -0.05) is 36.0 Å². The minimum Gasteiger partial charge on any atom is -0.477 e. The van der Waals surface area contributed by atoms with Crippen LogP contribution in [-0.2, 0) is 9.53 Å². The number of hydrogen-bond donors (Lipinski definition) is 1. The molecule has 1 aromatic carbocycles. The van der Waals surface area contributed by atoms with Crippen LogP contribution in [0.2, 0.25) is 0 Å². The number of nitrogens with zero attached hydrogens (tertiary/aromatic N) is 1. The summed E-state index contributed by atoms with van der Waals surface area (Å²) in [6, 6.07) is 8.86. The second-order valence-electron chi connectivity index (χ2n) is 3.93. The minimum atomic E-state index is -1.09. The molecule has 0 fully saturated rings. The summed E-state index contributed by atoms with van der Waals surface area (Å²) in [7, 11) is 0. The van der Waals surface area contributed by atoms with Crippen LogP contribution in [0.3, 0.4) is 0 Å². The van der Waals surface area contributed by atoms with E-state index in [4.69, 9.17) is 9.84 Å². The Kier molecular flexibility index (Phi) is 4.57. The number of carboxylic acids is 1. The lowest BCUT2D eigenvalue weighted by Gasteiger charge is -2.07. The fraction of sp³-hybridized carbons (Fsp3) is 0.214. The largest absolute Gasteiger partial charge is 0.477 e. The fourth-order valence-electron chi connectivity index (χ4n) is 1.72. The third-order valence-corrected chi connectivity index (χ3v) is 3.52. The first-order valence-electron chi connectivity index (χ1n) is 6.03. The number of esters is 1. The van der Waals surface area contributed by atoms with Gasteiger partial charge in [-0.25, -0.2) is 9.78 Å². The predicted octanol–water partition coefficient (Wildman–Crippen LogP) is 2.59. The summed E-state index contributed by atoms with van der Waals surface area (Å²) in [4.78, 5) is 26.5. The van der Waals surface area contributed by atoms with E-state index in [9.17, 15) is 9.59 Å². The van der Waals surface area contributed by atoms with Crippen LogP contribution in [0.4, 0.5) is 0 Å². The Balaban J connectivity index is 2.34. The molecule has 5 nitrogen and oxygen atoms in total. The van der Waals surface area contributed by atoms with Crippen molar-refractivity contribution in [2.24, 2.45) is 0 Å². The molecule has 6 heteroatoms. The Morgan fingerprint density at radius 1 is 1.35 bits per heavy atom. The molecule has 0 saturated heterocycles. The van der Waals surface area contributed by atoms with Crippen molar-refractivity contribution in [2.45, 2.75) is 11.9 Å². The molecule has 1 aromatic heterocycles. The molecule has 0 spiro atoms. The van der Waals surface area contributed by atoms with Crippen LogP contribution in [0.5, 0.6) is 0 Å². The van der Waals surface area contributed by atoms with Crippen LogP contribution in [0.15, 0.2) is 35.4 Å². The topological polar surface area (TPSA) is 76.5 Å². The number of benzene rings is 1. The summed E-state index contributed by atoms with van der Waals surface area (Å²) in [5.74, 6) is -1.33. The number of aromatic carboxylic acids is 1. The van der Waals surface area contributed by atoms with E-state index in [0.717, 1.165) is 10.8 Å². The van der Waals surface area contributed by atoms with Gasteiger partial charge in [0.2, 0.25) is 0 Å². The summed E-state index contributed by atoms with van der Waals surface area (Å²) in [6.07, 6.45) is 0. The van der Waals surface area contributed by atoms with Crippen LogP contribution in [0, 0.1) is 0 Å². The van der Waals surface area contributed by atoms with Crippen LogP contribution in [0.25, 0.3) is 10.8 Å². The van der Waals surface area contributed by atoms with Gasteiger partial charge in [0, 0.05) is 5.39 Å². The van der Waals surface area contributed by atoms with Crippen molar-refractivity contribution in [1.29, 1.82) is 0 Å². The highest BCUT2D eigenvalue weighted by Crippen LogP contribution is 2.27. The maximum Gasteiger partial charge on any atom is 0.354 e. The number of carboxylic acid groups (broad SMARTS) is 1. The summed E-state index contributed by atoms with van der Waals surface area (Å²) in [6.45, 7) is 2.06. The summed E-state index contributed by atoms with van der Waals surface area (Å²) < 4.78 is 4.85. The first-order chi connectivity index (χ1) is 9.61. The van der Waals surface area contributed by atoms with Gasteiger partial charge < -0.3 is 9.84 Å². The van der Waals surface area contributed by atoms with Gasteiger partial charge in [0.1, 0.15) is 10.7 Å². The molecule has 0 amide bonds. The third-order valence-electron chi connectivity index (χ3n) is 2.56. The standard InChI is InChI=1S/C14H13NO4S/c1-2-19-12(16)8-20-13-10-6-4-3-5-9(10)7-11(15-13)14(17)18/h3-7H,2,8H2,1H3,(H,17,18). The molecule has 20 heavy (non-hydrogen) atoms. The lowest BCUT2D eigenvalue weighted by Crippen LogP contribution is -2.07. The van der Waals surface area contributed by atoms with E-state index in [1.807, 2.05) is 24.3 Å². The lowest BCUT2D eigenvalue weighted by atomic mass is 10.1. The van der Waals surface area contributed by atoms with Crippen LogP contribution < -0.4 is 0 Å². The maximum absolute atomic E-state index is 11.4. The number of aromatic nitrogens is 1. The van der Waals surface area contributed by atoms with Gasteiger partial charge >= 0.3 is 11.9 Å². The number of carbonyl (C=O) groups excluding carboxylic acids is 1. The average Bonchev–Trinajstić information content (AvgIpc) is 2.44. The fourth-order valence-corrected chi connectivity index (χ4v) is 2.56. The quantitative estimate of drug-likeness (QED) is 0.674. The second-order valence-corrected chi connectivity index (χ2v) is 4.90. The van der Waals surface area contributed by atoms with Crippen LogP contribution in [0.1, 0.15) is 17.4 Å². The zero-order valence-electron chi connectivity index (χ0n) is 10.8. The highest BCUT2D eigenvalue weighted by atomic mass is 32.2. The second kappa shape index (κ2) is 6.38. The Bertz CT molecular complexity index is 657. The van der Waals surface area contributed by atoms with Crippen molar-refractivity contribution in [2.75, 3.05) is 12.4 Å². The zero-order chi connectivity index (χ0) is 14.5. The molecule has 0 atom stereocenters. The van der Waals surface area contributed by atoms with Crippen molar-refractivity contribution in [3.63, 3.8) is 0 Å². The third kappa shape index (κ3) is 3.27. The highest BCUT2D eigenvalue weighted by Gasteiger charge is 2.12. The number of hydrogen-bond acceptors (Lipinski definition) is 5. The SMILES string of the molecule is CCOC(=O)CSc1nc(C(=O)O)cc2ccccc12. The number of rotatable bonds is 5. The number of pyridine rings is 1. The number of carbonyl (C=O) groups is 2. The number of fused-ring (bicyclic) bond motifs is 1. The maximum atomic E-state index is 11.4. The molecule has 0 bridgehead atoms. The van der Waals surface area contributed by atoms with Gasteiger partial charge in [0.05, 0.1) is 12.4 Å². The molecule has 0 saturated carbocycles. The Morgan fingerprint density at radius 3 is 2.80 bits per heavy atom. The number of ether oxygens (including phenoxy) is 1. The molecular formula is C14H13NO4S. The van der Waals surface area contributed by atoms with E-state index in [1.54, 1.807) is 6.92 Å². The van der Waals surface area contributed by atoms with Crippen molar-refractivity contribution in [1.82, 2.24) is 4.98 Å². The van der Waals surface area contributed by atoms with Gasteiger partial charge in [-0.2, -0.15) is 0 Å². The highest BCUT2D eigenvalue weighted by molar-refractivity contribution is 8.00. The predicted molar refractivity (Wildman–Crippen MR) is 76.1 cm³/mol. The van der Waals surface area contributed by atoms with Gasteiger partial charge in [-0.15, -0.1) is 0 Å². The first kappa shape index (κ1) is 14.3. The summed E-state index contributed by atoms with van der Waals surface area (Å²) >= 11 is 1.18. The van der Waals surface area contributed by atoms with E-state index < -0.39 is 5.97 Å². The molecule has 1 N–H and O–H groups in total. The first-order valence-corrected chi connectivity index (χ1v) is 7.02. The molecule has 2 aromatic rings. The summed E-state index contributed by atoms with van der Waals surface area (Å²) in [5, 5.41) is 11.2. The average molecular weight is 291 g/mol. The van der Waals surface area contributed by atoms with E-state index >= 15 is 0 Å². The molecule has 0 aliphatic carbocycles. The molecule has 0 aliphatic heterocycles. The molecule has 104 valence electrons. The lowest BCUT2D eigenvalue weighted by molar-refractivity contribution is -0.139. The Hall–Kier alpha value is -2.08. The molecule has 0 unspecified atom stereocenters. The monoisotopic (exact) mass is 291 g/mol. The number of thioether (sulfide) groups is 1. The smallest absolute Gasteiger partial charge is 0.354 e. The Morgan fingerprint density at radius 2 is 2.10 bits per heavy atom. The van der Waals surface area contributed by atoms with E-state index in [0.29, 0.717) is 11.6 Å².